The van der Waals surface area contributed by atoms with E-state index in [9.17, 15) is 23.1 Å². The zero-order valence-corrected chi connectivity index (χ0v) is 30.6. The number of piperazine rings is 1. The van der Waals surface area contributed by atoms with Crippen molar-refractivity contribution in [2.75, 3.05) is 57.1 Å². The van der Waals surface area contributed by atoms with E-state index < -0.39 is 21.6 Å². The van der Waals surface area contributed by atoms with Crippen molar-refractivity contribution >= 4 is 38.5 Å². The third kappa shape index (κ3) is 10.4. The fraction of sp³-hybridized carbons (Fsp3) is 0.385. The van der Waals surface area contributed by atoms with Gasteiger partial charge in [-0.3, -0.25) is 4.72 Å². The lowest BCUT2D eigenvalue weighted by molar-refractivity contribution is 0.0523. The molecule has 4 aromatic carbocycles. The standard InChI is InChI=1S/C39H48N4O7S/c1-28-11-17-33(34-10-6-5-9-32(28)34)29-12-18-35(37(44)45)36(27-29)41-51(47,48)31-15-13-30(14-16-31)49-26-8-21-43-24-22-42(23-25-43)20-7-19-40-38(46)50-39(2,3)4/h5-6,9-18,27,41H,7-8,19-26H2,1-4H3,(H,40,46)(H,44,45). The van der Waals surface area contributed by atoms with E-state index >= 15 is 0 Å². The van der Waals surface area contributed by atoms with Crippen molar-refractivity contribution in [3.05, 3.63) is 90.0 Å². The van der Waals surface area contributed by atoms with Gasteiger partial charge in [0.15, 0.2) is 0 Å². The molecule has 0 aromatic heterocycles. The Kier molecular flexibility index (Phi) is 12.2. The van der Waals surface area contributed by atoms with Gasteiger partial charge in [0.2, 0.25) is 0 Å². The average Bonchev–Trinajstić information content (AvgIpc) is 3.08. The van der Waals surface area contributed by atoms with Crippen molar-refractivity contribution in [1.82, 2.24) is 15.1 Å². The van der Waals surface area contributed by atoms with Gasteiger partial charge < -0.3 is 29.7 Å². The predicted molar refractivity (Wildman–Crippen MR) is 200 cm³/mol. The molecule has 0 spiro atoms. The van der Waals surface area contributed by atoms with Crippen LogP contribution in [-0.2, 0) is 14.8 Å². The number of sulfonamides is 1. The van der Waals surface area contributed by atoms with E-state index in [0.717, 1.165) is 74.0 Å². The molecule has 1 fully saturated rings. The summed E-state index contributed by atoms with van der Waals surface area (Å²) in [5.41, 5.74) is 2.03. The molecule has 1 aliphatic heterocycles. The van der Waals surface area contributed by atoms with Crippen molar-refractivity contribution in [3.8, 4) is 16.9 Å². The van der Waals surface area contributed by atoms with Crippen LogP contribution in [0.4, 0.5) is 10.5 Å². The molecule has 1 saturated heterocycles. The van der Waals surface area contributed by atoms with Gasteiger partial charge in [-0.25, -0.2) is 18.0 Å². The molecule has 0 unspecified atom stereocenters. The number of aryl methyl sites for hydroxylation is 1. The summed E-state index contributed by atoms with van der Waals surface area (Å²) >= 11 is 0. The minimum absolute atomic E-state index is 0.00382. The van der Waals surface area contributed by atoms with Gasteiger partial charge in [0.05, 0.1) is 22.8 Å². The number of rotatable bonds is 14. The lowest BCUT2D eigenvalue weighted by atomic mass is 9.94. The summed E-state index contributed by atoms with van der Waals surface area (Å²) in [7, 11) is -4.10. The average molecular weight is 717 g/mol. The van der Waals surface area contributed by atoms with Crippen molar-refractivity contribution in [2.24, 2.45) is 0 Å². The molecule has 11 nitrogen and oxygen atoms in total. The molecular weight excluding hydrogens is 669 g/mol. The maximum atomic E-state index is 13.4. The summed E-state index contributed by atoms with van der Waals surface area (Å²) in [5.74, 6) is -0.679. The summed E-state index contributed by atoms with van der Waals surface area (Å²) < 4.78 is 40.5. The van der Waals surface area contributed by atoms with Gasteiger partial charge in [-0.05, 0) is 111 Å². The fourth-order valence-corrected chi connectivity index (χ4v) is 7.20. The molecule has 0 saturated carbocycles. The minimum Gasteiger partial charge on any atom is -0.494 e. The zero-order chi connectivity index (χ0) is 36.6. The molecule has 3 N–H and O–H groups in total. The second kappa shape index (κ2) is 16.6. The molecule has 1 amide bonds. The second-order valence-electron chi connectivity index (χ2n) is 13.8. The van der Waals surface area contributed by atoms with Crippen molar-refractivity contribution in [1.29, 1.82) is 0 Å². The molecule has 12 heteroatoms. The number of ether oxygens (including phenoxy) is 2. The highest BCUT2D eigenvalue weighted by Crippen LogP contribution is 2.34. The third-order valence-corrected chi connectivity index (χ3v) is 10.1. The van der Waals surface area contributed by atoms with Crippen LogP contribution in [-0.4, -0.2) is 93.4 Å². The highest BCUT2D eigenvalue weighted by Gasteiger charge is 2.21. The van der Waals surface area contributed by atoms with Crippen LogP contribution in [0, 0.1) is 6.92 Å². The number of carbonyl (C=O) groups is 2. The largest absolute Gasteiger partial charge is 0.494 e. The van der Waals surface area contributed by atoms with E-state index in [1.807, 2.05) is 64.1 Å². The van der Waals surface area contributed by atoms with Gasteiger partial charge in [-0.2, -0.15) is 0 Å². The molecule has 1 heterocycles. The van der Waals surface area contributed by atoms with E-state index in [0.29, 0.717) is 24.5 Å². The van der Waals surface area contributed by atoms with Gasteiger partial charge in [0.1, 0.15) is 11.4 Å². The molecule has 0 atom stereocenters. The van der Waals surface area contributed by atoms with Gasteiger partial charge in [-0.15, -0.1) is 0 Å². The number of amides is 1. The Morgan fingerprint density at radius 2 is 1.49 bits per heavy atom. The van der Waals surface area contributed by atoms with Crippen LogP contribution >= 0.6 is 0 Å². The highest BCUT2D eigenvalue weighted by molar-refractivity contribution is 7.92. The summed E-state index contributed by atoms with van der Waals surface area (Å²) in [6.45, 7) is 14.3. The fourth-order valence-electron chi connectivity index (χ4n) is 6.12. The topological polar surface area (TPSA) is 138 Å². The van der Waals surface area contributed by atoms with Crippen LogP contribution in [0.3, 0.4) is 0 Å². The number of fused-ring (bicyclic) bond motifs is 1. The first-order chi connectivity index (χ1) is 24.3. The van der Waals surface area contributed by atoms with Crippen molar-refractivity contribution in [2.45, 2.75) is 51.0 Å². The molecule has 5 rings (SSSR count). The van der Waals surface area contributed by atoms with E-state index in [1.165, 1.54) is 18.2 Å². The Balaban J connectivity index is 1.09. The number of carbonyl (C=O) groups excluding carboxylic acids is 1. The van der Waals surface area contributed by atoms with E-state index in [2.05, 4.69) is 19.8 Å². The summed E-state index contributed by atoms with van der Waals surface area (Å²) in [6, 6.07) is 22.7. The normalized spacial score (nSPS) is 14.3. The number of alkyl carbamates (subject to hydrolysis) is 1. The number of hydrogen-bond donors (Lipinski definition) is 3. The number of nitrogens with zero attached hydrogens (tertiary/aromatic N) is 2. The Hall–Kier alpha value is -4.65. The number of aromatic carboxylic acids is 1. The predicted octanol–water partition coefficient (Wildman–Crippen LogP) is 6.62. The number of carboxylic acid groups (broad SMARTS) is 1. The quantitative estimate of drug-likeness (QED) is 0.123. The van der Waals surface area contributed by atoms with Crippen LogP contribution in [0.25, 0.3) is 21.9 Å². The molecular formula is C39H48N4O7S. The van der Waals surface area contributed by atoms with Crippen LogP contribution in [0.2, 0.25) is 0 Å². The lowest BCUT2D eigenvalue weighted by Crippen LogP contribution is -2.47. The second-order valence-corrected chi connectivity index (χ2v) is 15.5. The SMILES string of the molecule is Cc1ccc(-c2ccc(C(=O)O)c(NS(=O)(=O)c3ccc(OCCCN4CCN(CCCNC(=O)OC(C)(C)C)CC4)cc3)c2)c2ccccc12. The minimum atomic E-state index is -4.10. The number of hydrogen-bond acceptors (Lipinski definition) is 8. The van der Waals surface area contributed by atoms with E-state index in [4.69, 9.17) is 9.47 Å². The van der Waals surface area contributed by atoms with E-state index in [1.54, 1.807) is 24.3 Å². The number of anilines is 1. The van der Waals surface area contributed by atoms with Crippen LogP contribution in [0.15, 0.2) is 83.8 Å². The van der Waals surface area contributed by atoms with E-state index in [-0.39, 0.29) is 22.2 Å². The van der Waals surface area contributed by atoms with Crippen LogP contribution in [0.5, 0.6) is 5.75 Å². The summed E-state index contributed by atoms with van der Waals surface area (Å²) in [5, 5.41) is 14.7. The molecule has 1 aliphatic rings. The Morgan fingerprint density at radius 3 is 2.14 bits per heavy atom. The number of nitrogens with one attached hydrogen (secondary N) is 2. The highest BCUT2D eigenvalue weighted by atomic mass is 32.2. The molecule has 4 aromatic rings. The van der Waals surface area contributed by atoms with Gasteiger partial charge in [0.25, 0.3) is 10.0 Å². The van der Waals surface area contributed by atoms with Crippen molar-refractivity contribution in [3.63, 3.8) is 0 Å². The molecule has 272 valence electrons. The van der Waals surface area contributed by atoms with Gasteiger partial charge in [0, 0.05) is 39.3 Å². The number of carboxylic acids is 1. The first-order valence-electron chi connectivity index (χ1n) is 17.3. The number of benzene rings is 4. The van der Waals surface area contributed by atoms with Gasteiger partial charge >= 0.3 is 12.1 Å². The maximum absolute atomic E-state index is 13.4. The Bertz CT molecular complexity index is 1930. The van der Waals surface area contributed by atoms with Gasteiger partial charge in [-0.1, -0.05) is 42.5 Å². The first kappa shape index (κ1) is 37.6. The summed E-state index contributed by atoms with van der Waals surface area (Å²) in [6.07, 6.45) is 1.31. The Morgan fingerprint density at radius 1 is 0.843 bits per heavy atom. The third-order valence-electron chi connectivity index (χ3n) is 8.75. The van der Waals surface area contributed by atoms with Crippen LogP contribution in [0.1, 0.15) is 49.5 Å². The van der Waals surface area contributed by atoms with Crippen LogP contribution < -0.4 is 14.8 Å². The molecule has 51 heavy (non-hydrogen) atoms. The lowest BCUT2D eigenvalue weighted by Gasteiger charge is -2.34. The molecule has 0 radical (unpaired) electrons. The Labute approximate surface area is 300 Å². The first-order valence-corrected chi connectivity index (χ1v) is 18.8. The van der Waals surface area contributed by atoms with Crippen molar-refractivity contribution < 1.29 is 32.6 Å². The smallest absolute Gasteiger partial charge is 0.407 e. The monoisotopic (exact) mass is 716 g/mol. The summed E-state index contributed by atoms with van der Waals surface area (Å²) in [4.78, 5) is 28.7. The molecule has 0 aliphatic carbocycles. The molecule has 0 bridgehead atoms. The maximum Gasteiger partial charge on any atom is 0.407 e. The zero-order valence-electron chi connectivity index (χ0n) is 29.8.